The molecule has 2 aromatic rings. The summed E-state index contributed by atoms with van der Waals surface area (Å²) in [7, 11) is 0. The number of aromatic nitrogens is 2. The van der Waals surface area contributed by atoms with E-state index in [9.17, 15) is 9.90 Å². The van der Waals surface area contributed by atoms with Crippen molar-refractivity contribution in [2.75, 3.05) is 0 Å². The lowest BCUT2D eigenvalue weighted by Crippen LogP contribution is -2.00. The van der Waals surface area contributed by atoms with Crippen LogP contribution in [0.25, 0.3) is 11.1 Å². The molecule has 0 bridgehead atoms. The van der Waals surface area contributed by atoms with Crippen molar-refractivity contribution >= 4 is 5.97 Å². The number of benzene rings is 1. The first-order valence-electron chi connectivity index (χ1n) is 6.02. The number of nitrogens with zero attached hydrogens (tertiary/aromatic N) is 2. The highest BCUT2D eigenvalue weighted by Crippen LogP contribution is 2.32. The van der Waals surface area contributed by atoms with E-state index in [4.69, 9.17) is 5.11 Å². The fraction of sp³-hybridized carbons (Fsp3) is 0.286. The van der Waals surface area contributed by atoms with Gasteiger partial charge in [0.25, 0.3) is 0 Å². The van der Waals surface area contributed by atoms with Crippen molar-refractivity contribution in [3.05, 3.63) is 35.7 Å². The lowest BCUT2D eigenvalue weighted by molar-refractivity contribution is 0.0696. The highest BCUT2D eigenvalue weighted by Gasteiger charge is 2.14. The number of hydrogen-bond acceptors (Lipinski definition) is 3. The summed E-state index contributed by atoms with van der Waals surface area (Å²) < 4.78 is 1.81. The van der Waals surface area contributed by atoms with Crippen LogP contribution in [-0.2, 0) is 0 Å². The number of aryl methyl sites for hydroxylation is 1. The lowest BCUT2D eigenvalue weighted by Gasteiger charge is -2.05. The van der Waals surface area contributed by atoms with Crippen molar-refractivity contribution in [2.45, 2.75) is 26.8 Å². The molecule has 0 fully saturated rings. The number of aromatic hydroxyl groups is 1. The van der Waals surface area contributed by atoms with Gasteiger partial charge in [0.05, 0.1) is 11.3 Å². The summed E-state index contributed by atoms with van der Waals surface area (Å²) in [6.07, 6.45) is 1.86. The van der Waals surface area contributed by atoms with Crippen LogP contribution in [-0.4, -0.2) is 26.0 Å². The van der Waals surface area contributed by atoms with Crippen LogP contribution in [0, 0.1) is 6.92 Å². The summed E-state index contributed by atoms with van der Waals surface area (Å²) in [5.74, 6) is -1.11. The molecule has 5 nitrogen and oxygen atoms in total. The Morgan fingerprint density at radius 2 is 2.00 bits per heavy atom. The van der Waals surface area contributed by atoms with Gasteiger partial charge in [0.1, 0.15) is 5.75 Å². The van der Waals surface area contributed by atoms with Gasteiger partial charge < -0.3 is 10.2 Å². The largest absolute Gasteiger partial charge is 0.507 e. The van der Waals surface area contributed by atoms with Gasteiger partial charge in [-0.15, -0.1) is 0 Å². The second kappa shape index (κ2) is 4.76. The van der Waals surface area contributed by atoms with E-state index >= 15 is 0 Å². The van der Waals surface area contributed by atoms with Crippen molar-refractivity contribution < 1.29 is 15.0 Å². The summed E-state index contributed by atoms with van der Waals surface area (Å²) in [4.78, 5) is 10.8. The molecule has 0 amide bonds. The zero-order chi connectivity index (χ0) is 14.2. The van der Waals surface area contributed by atoms with Gasteiger partial charge in [-0.25, -0.2) is 4.79 Å². The van der Waals surface area contributed by atoms with Crippen LogP contribution >= 0.6 is 0 Å². The normalized spacial score (nSPS) is 10.9. The zero-order valence-electron chi connectivity index (χ0n) is 11.1. The summed E-state index contributed by atoms with van der Waals surface area (Å²) in [6.45, 7) is 5.89. The molecule has 0 aliphatic heterocycles. The Balaban J connectivity index is 2.50. The van der Waals surface area contributed by atoms with E-state index < -0.39 is 5.97 Å². The summed E-state index contributed by atoms with van der Waals surface area (Å²) >= 11 is 0. The molecule has 2 rings (SSSR count). The predicted octanol–water partition coefficient (Wildman–Crippen LogP) is 2.84. The quantitative estimate of drug-likeness (QED) is 0.889. The monoisotopic (exact) mass is 260 g/mol. The zero-order valence-corrected chi connectivity index (χ0v) is 11.1. The molecule has 100 valence electrons. The second-order valence-electron chi connectivity index (χ2n) is 4.74. The van der Waals surface area contributed by atoms with Crippen LogP contribution in [0.3, 0.4) is 0 Å². The molecule has 0 saturated carbocycles. The van der Waals surface area contributed by atoms with Gasteiger partial charge >= 0.3 is 5.97 Å². The molecular formula is C14H16N2O3. The lowest BCUT2D eigenvalue weighted by atomic mass is 10.0. The van der Waals surface area contributed by atoms with Gasteiger partial charge in [-0.3, -0.25) is 4.68 Å². The molecule has 0 aliphatic carbocycles. The smallest absolute Gasteiger partial charge is 0.335 e. The summed E-state index contributed by atoms with van der Waals surface area (Å²) in [6, 6.07) is 4.56. The van der Waals surface area contributed by atoms with E-state index in [1.165, 1.54) is 12.1 Å². The van der Waals surface area contributed by atoms with Crippen molar-refractivity contribution in [2.24, 2.45) is 0 Å². The van der Waals surface area contributed by atoms with Gasteiger partial charge in [0.15, 0.2) is 0 Å². The molecule has 5 heteroatoms. The molecule has 1 aromatic heterocycles. The van der Waals surface area contributed by atoms with Gasteiger partial charge in [-0.1, -0.05) is 0 Å². The molecule has 19 heavy (non-hydrogen) atoms. The Bertz CT molecular complexity index is 630. The first kappa shape index (κ1) is 13.1. The predicted molar refractivity (Wildman–Crippen MR) is 71.4 cm³/mol. The number of aromatic carboxylic acids is 1. The molecule has 0 spiro atoms. The molecule has 1 aromatic carbocycles. The number of carbonyl (C=O) groups is 1. The van der Waals surface area contributed by atoms with Crippen molar-refractivity contribution in [3.8, 4) is 16.9 Å². The van der Waals surface area contributed by atoms with Crippen LogP contribution in [0.1, 0.15) is 35.9 Å². The Morgan fingerprint density at radius 3 is 2.47 bits per heavy atom. The Morgan fingerprint density at radius 1 is 1.32 bits per heavy atom. The molecule has 1 heterocycles. The minimum Gasteiger partial charge on any atom is -0.507 e. The topological polar surface area (TPSA) is 75.4 Å². The van der Waals surface area contributed by atoms with E-state index in [0.29, 0.717) is 5.56 Å². The summed E-state index contributed by atoms with van der Waals surface area (Å²) in [5, 5.41) is 23.2. The summed E-state index contributed by atoms with van der Waals surface area (Å²) in [5.41, 5.74) is 2.26. The SMILES string of the molecule is Cc1nn(C(C)C)cc1-c1ccc(C(=O)O)cc1O. The number of rotatable bonds is 3. The number of phenols is 1. The Hall–Kier alpha value is -2.30. The fourth-order valence-corrected chi connectivity index (χ4v) is 1.90. The van der Waals surface area contributed by atoms with Gasteiger partial charge in [0.2, 0.25) is 0 Å². The maximum Gasteiger partial charge on any atom is 0.335 e. The molecule has 0 unspecified atom stereocenters. The molecule has 0 aliphatic rings. The second-order valence-corrected chi connectivity index (χ2v) is 4.74. The first-order chi connectivity index (χ1) is 8.90. The molecule has 2 N–H and O–H groups in total. The van der Waals surface area contributed by atoms with E-state index in [0.717, 1.165) is 11.3 Å². The Labute approximate surface area is 111 Å². The average molecular weight is 260 g/mol. The molecule has 0 radical (unpaired) electrons. The van der Waals surface area contributed by atoms with Crippen molar-refractivity contribution in [1.82, 2.24) is 9.78 Å². The third-order valence-electron chi connectivity index (χ3n) is 2.98. The van der Waals surface area contributed by atoms with Crippen LogP contribution in [0.15, 0.2) is 24.4 Å². The average Bonchev–Trinajstić information content (AvgIpc) is 2.71. The molecule has 0 atom stereocenters. The van der Waals surface area contributed by atoms with E-state index in [2.05, 4.69) is 5.10 Å². The van der Waals surface area contributed by atoms with E-state index in [1.807, 2.05) is 31.6 Å². The highest BCUT2D eigenvalue weighted by molar-refractivity contribution is 5.89. The van der Waals surface area contributed by atoms with Crippen LogP contribution in [0.2, 0.25) is 0 Å². The minimum atomic E-state index is -1.06. The van der Waals surface area contributed by atoms with Crippen LogP contribution in [0.4, 0.5) is 0 Å². The number of carboxylic acid groups (broad SMARTS) is 1. The van der Waals surface area contributed by atoms with E-state index in [1.54, 1.807) is 6.07 Å². The number of phenolic OH excluding ortho intramolecular Hbond substituents is 1. The third-order valence-corrected chi connectivity index (χ3v) is 2.98. The minimum absolute atomic E-state index is 0.0497. The van der Waals surface area contributed by atoms with Crippen LogP contribution < -0.4 is 0 Å². The standard InChI is InChI=1S/C14H16N2O3/c1-8(2)16-7-12(9(3)15-16)11-5-4-10(14(18)19)6-13(11)17/h4-8,17H,1-3H3,(H,18,19). The third kappa shape index (κ3) is 2.45. The Kier molecular flexibility index (Phi) is 3.29. The van der Waals surface area contributed by atoms with Crippen LogP contribution in [0.5, 0.6) is 5.75 Å². The van der Waals surface area contributed by atoms with Crippen molar-refractivity contribution in [3.63, 3.8) is 0 Å². The van der Waals surface area contributed by atoms with Gasteiger partial charge in [-0.05, 0) is 39.0 Å². The fourth-order valence-electron chi connectivity index (χ4n) is 1.90. The molecule has 0 saturated heterocycles. The maximum atomic E-state index is 10.8. The van der Waals surface area contributed by atoms with Gasteiger partial charge in [0, 0.05) is 23.4 Å². The maximum absolute atomic E-state index is 10.8. The molecular weight excluding hydrogens is 244 g/mol. The van der Waals surface area contributed by atoms with E-state index in [-0.39, 0.29) is 17.4 Å². The first-order valence-corrected chi connectivity index (χ1v) is 6.02. The number of hydrogen-bond donors (Lipinski definition) is 2. The van der Waals surface area contributed by atoms with Crippen molar-refractivity contribution in [1.29, 1.82) is 0 Å². The number of carboxylic acids is 1. The van der Waals surface area contributed by atoms with Gasteiger partial charge in [-0.2, -0.15) is 5.10 Å². The highest BCUT2D eigenvalue weighted by atomic mass is 16.4.